The number of imidazole rings is 1. The number of rotatable bonds is 16. The van der Waals surface area contributed by atoms with E-state index in [1.54, 1.807) is 20.0 Å². The van der Waals surface area contributed by atoms with Crippen molar-refractivity contribution in [1.29, 1.82) is 0 Å². The van der Waals surface area contributed by atoms with Crippen LogP contribution >= 0.6 is 0 Å². The number of hydrogen-bond donors (Lipinski definition) is 7. The second-order valence-electron chi connectivity index (χ2n) is 9.17. The Hall–Kier alpha value is -2.99. The van der Waals surface area contributed by atoms with Gasteiger partial charge in [0.15, 0.2) is 0 Å². The van der Waals surface area contributed by atoms with E-state index in [0.717, 1.165) is 0 Å². The Labute approximate surface area is 206 Å². The molecule has 0 aliphatic rings. The first-order chi connectivity index (χ1) is 16.5. The van der Waals surface area contributed by atoms with Crippen LogP contribution in [-0.4, -0.2) is 69.5 Å². The monoisotopic (exact) mass is 495 g/mol. The van der Waals surface area contributed by atoms with Crippen molar-refractivity contribution in [3.63, 3.8) is 0 Å². The fourth-order valence-corrected chi connectivity index (χ4v) is 3.48. The maximum absolute atomic E-state index is 13.2. The molecule has 0 bridgehead atoms. The molecule has 1 heterocycles. The van der Waals surface area contributed by atoms with E-state index < -0.39 is 47.9 Å². The molecule has 0 aliphatic carbocycles. The minimum Gasteiger partial charge on any atom is -0.480 e. The van der Waals surface area contributed by atoms with Gasteiger partial charge >= 0.3 is 5.97 Å². The van der Waals surface area contributed by atoms with Crippen molar-refractivity contribution in [2.24, 2.45) is 23.3 Å². The zero-order valence-electron chi connectivity index (χ0n) is 21.0. The van der Waals surface area contributed by atoms with Crippen LogP contribution in [0.4, 0.5) is 0 Å². The van der Waals surface area contributed by atoms with E-state index in [1.165, 1.54) is 6.33 Å². The van der Waals surface area contributed by atoms with Gasteiger partial charge < -0.3 is 37.5 Å². The number of aliphatic carboxylic acids is 1. The summed E-state index contributed by atoms with van der Waals surface area (Å²) in [7, 11) is 0. The Morgan fingerprint density at radius 3 is 2.17 bits per heavy atom. The van der Waals surface area contributed by atoms with Gasteiger partial charge in [-0.1, -0.05) is 34.1 Å². The van der Waals surface area contributed by atoms with Crippen molar-refractivity contribution in [2.45, 2.75) is 84.0 Å². The van der Waals surface area contributed by atoms with Crippen molar-refractivity contribution < 1.29 is 24.3 Å². The number of carboxylic acid groups (broad SMARTS) is 1. The number of carboxylic acids is 1. The van der Waals surface area contributed by atoms with Crippen LogP contribution in [0.25, 0.3) is 0 Å². The van der Waals surface area contributed by atoms with Crippen LogP contribution in [0.2, 0.25) is 0 Å². The molecule has 5 atom stereocenters. The summed E-state index contributed by atoms with van der Waals surface area (Å²) in [5.74, 6) is -3.36. The number of carbonyl (C=O) groups is 4. The van der Waals surface area contributed by atoms with Gasteiger partial charge in [-0.2, -0.15) is 0 Å². The Balaban J connectivity index is 2.89. The number of amides is 3. The molecule has 0 fully saturated rings. The van der Waals surface area contributed by atoms with E-state index in [4.69, 9.17) is 11.5 Å². The Morgan fingerprint density at radius 2 is 1.66 bits per heavy atom. The summed E-state index contributed by atoms with van der Waals surface area (Å²) in [6, 6.07) is -3.89. The van der Waals surface area contributed by atoms with Crippen molar-refractivity contribution in [3.8, 4) is 0 Å². The molecule has 0 saturated carbocycles. The number of nitrogens with zero attached hydrogens (tertiary/aromatic N) is 1. The average molecular weight is 496 g/mol. The molecule has 0 saturated heterocycles. The molecular weight excluding hydrogens is 454 g/mol. The second-order valence-corrected chi connectivity index (χ2v) is 9.17. The zero-order valence-corrected chi connectivity index (χ0v) is 21.0. The van der Waals surface area contributed by atoms with Crippen LogP contribution in [0.3, 0.4) is 0 Å². The molecule has 0 spiro atoms. The highest BCUT2D eigenvalue weighted by Crippen LogP contribution is 2.12. The third-order valence-corrected chi connectivity index (χ3v) is 5.93. The molecule has 5 unspecified atom stereocenters. The van der Waals surface area contributed by atoms with E-state index in [9.17, 15) is 24.3 Å². The predicted molar refractivity (Wildman–Crippen MR) is 131 cm³/mol. The summed E-state index contributed by atoms with van der Waals surface area (Å²) in [6.07, 6.45) is 5.29. The number of nitrogens with two attached hydrogens (primary N) is 2. The van der Waals surface area contributed by atoms with Crippen LogP contribution in [0.1, 0.15) is 59.1 Å². The van der Waals surface area contributed by atoms with E-state index >= 15 is 0 Å². The quantitative estimate of drug-likeness (QED) is 0.150. The van der Waals surface area contributed by atoms with Crippen molar-refractivity contribution in [1.82, 2.24) is 25.9 Å². The lowest BCUT2D eigenvalue weighted by Crippen LogP contribution is -2.59. The smallest absolute Gasteiger partial charge is 0.326 e. The molecule has 0 radical (unpaired) electrons. The second kappa shape index (κ2) is 15.1. The lowest BCUT2D eigenvalue weighted by Gasteiger charge is -2.29. The molecule has 9 N–H and O–H groups in total. The van der Waals surface area contributed by atoms with Gasteiger partial charge in [0.25, 0.3) is 0 Å². The topological polar surface area (TPSA) is 205 Å². The highest BCUT2D eigenvalue weighted by molar-refractivity contribution is 5.94. The van der Waals surface area contributed by atoms with Crippen molar-refractivity contribution in [2.75, 3.05) is 6.54 Å². The normalized spacial score (nSPS) is 15.5. The maximum atomic E-state index is 13.2. The van der Waals surface area contributed by atoms with Gasteiger partial charge in [-0.25, -0.2) is 9.78 Å². The Morgan fingerprint density at radius 1 is 1.03 bits per heavy atom. The van der Waals surface area contributed by atoms with Crippen LogP contribution in [0, 0.1) is 11.8 Å². The number of unbranched alkanes of at least 4 members (excludes halogenated alkanes) is 1. The van der Waals surface area contributed by atoms with Gasteiger partial charge in [-0.05, 0) is 37.6 Å². The van der Waals surface area contributed by atoms with Crippen LogP contribution in [0.5, 0.6) is 0 Å². The van der Waals surface area contributed by atoms with Gasteiger partial charge in [0, 0.05) is 18.3 Å². The summed E-state index contributed by atoms with van der Waals surface area (Å²) in [6.45, 7) is 7.61. The van der Waals surface area contributed by atoms with Crippen LogP contribution in [-0.2, 0) is 25.6 Å². The molecule has 1 aromatic rings. The van der Waals surface area contributed by atoms with Crippen LogP contribution in [0.15, 0.2) is 12.5 Å². The number of nitrogens with one attached hydrogen (secondary N) is 4. The molecular formula is C23H41N7O5. The van der Waals surface area contributed by atoms with E-state index in [1.807, 2.05) is 13.8 Å². The first-order valence-electron chi connectivity index (χ1n) is 12.1. The Kier molecular flexibility index (Phi) is 13.0. The molecule has 3 amide bonds. The average Bonchev–Trinajstić information content (AvgIpc) is 3.32. The van der Waals surface area contributed by atoms with Gasteiger partial charge in [0.1, 0.15) is 18.1 Å². The first-order valence-corrected chi connectivity index (χ1v) is 12.1. The number of hydrogen-bond acceptors (Lipinski definition) is 7. The lowest BCUT2D eigenvalue weighted by molar-refractivity contribution is -0.143. The minimum absolute atomic E-state index is 0.221. The fourth-order valence-electron chi connectivity index (χ4n) is 3.48. The molecule has 12 nitrogen and oxygen atoms in total. The third kappa shape index (κ3) is 10.0. The molecule has 35 heavy (non-hydrogen) atoms. The van der Waals surface area contributed by atoms with E-state index in [2.05, 4.69) is 25.9 Å². The molecule has 12 heteroatoms. The minimum atomic E-state index is -1.15. The Bertz CT molecular complexity index is 815. The number of aromatic amines is 1. The van der Waals surface area contributed by atoms with Crippen molar-refractivity contribution >= 4 is 23.7 Å². The molecule has 1 aromatic heterocycles. The van der Waals surface area contributed by atoms with Crippen molar-refractivity contribution in [3.05, 3.63) is 18.2 Å². The third-order valence-electron chi connectivity index (χ3n) is 5.93. The van der Waals surface area contributed by atoms with Gasteiger partial charge in [-0.3, -0.25) is 14.4 Å². The molecule has 0 aliphatic heterocycles. The molecule has 0 aromatic carbocycles. The first kappa shape index (κ1) is 30.0. The number of carbonyl (C=O) groups excluding carboxylic acids is 3. The number of H-pyrrole nitrogens is 1. The summed E-state index contributed by atoms with van der Waals surface area (Å²) in [5.41, 5.74) is 12.2. The number of aromatic nitrogens is 2. The SMILES string of the molecule is CCC(C)C(NC(=O)C(N)Cc1cnc[nH]1)C(=O)NC(C(=O)NC(CCCCN)C(=O)O)C(C)C. The van der Waals surface area contributed by atoms with Gasteiger partial charge in [0.2, 0.25) is 17.7 Å². The largest absolute Gasteiger partial charge is 0.480 e. The predicted octanol–water partition coefficient (Wildman–Crippen LogP) is -0.350. The standard InChI is InChI=1S/C23H41N7O5/c1-5-14(4)19(30-20(31)16(25)10-15-11-26-12-27-15)22(33)29-18(13(2)3)21(32)28-17(23(34)35)8-6-7-9-24/h11-14,16-19H,5-10,24-25H2,1-4H3,(H,26,27)(H,28,32)(H,29,33)(H,30,31)(H,34,35). The zero-order chi connectivity index (χ0) is 26.5. The molecule has 198 valence electrons. The van der Waals surface area contributed by atoms with Gasteiger partial charge in [0.05, 0.1) is 12.4 Å². The summed E-state index contributed by atoms with van der Waals surface area (Å²) in [5, 5.41) is 17.4. The van der Waals surface area contributed by atoms with Gasteiger partial charge in [-0.15, -0.1) is 0 Å². The highest BCUT2D eigenvalue weighted by atomic mass is 16.4. The van der Waals surface area contributed by atoms with E-state index in [0.29, 0.717) is 31.5 Å². The molecule has 1 rings (SSSR count). The maximum Gasteiger partial charge on any atom is 0.326 e. The summed E-state index contributed by atoms with van der Waals surface area (Å²) >= 11 is 0. The van der Waals surface area contributed by atoms with E-state index in [-0.39, 0.29) is 24.7 Å². The lowest BCUT2D eigenvalue weighted by atomic mass is 9.95. The highest BCUT2D eigenvalue weighted by Gasteiger charge is 2.33. The summed E-state index contributed by atoms with van der Waals surface area (Å²) in [4.78, 5) is 57.1. The van der Waals surface area contributed by atoms with Crippen LogP contribution < -0.4 is 27.4 Å². The fraction of sp³-hybridized carbons (Fsp3) is 0.696. The summed E-state index contributed by atoms with van der Waals surface area (Å²) < 4.78 is 0.